The molecule has 3 aromatic rings. The normalized spacial score (nSPS) is 11.1. The number of halogens is 2. The fourth-order valence-corrected chi connectivity index (χ4v) is 3.38. The van der Waals surface area contributed by atoms with Crippen molar-refractivity contribution in [3.63, 3.8) is 0 Å². The van der Waals surface area contributed by atoms with E-state index in [9.17, 15) is 13.6 Å². The summed E-state index contributed by atoms with van der Waals surface area (Å²) in [6.07, 6.45) is 1.90. The zero-order valence-electron chi connectivity index (χ0n) is 16.4. The molecule has 2 heterocycles. The van der Waals surface area contributed by atoms with Crippen LogP contribution in [0, 0.1) is 27.7 Å². The third-order valence-corrected chi connectivity index (χ3v) is 4.98. The van der Waals surface area contributed by atoms with Crippen LogP contribution in [-0.4, -0.2) is 17.0 Å². The van der Waals surface area contributed by atoms with Gasteiger partial charge in [-0.3, -0.25) is 4.79 Å². The molecule has 1 aromatic carbocycles. The van der Waals surface area contributed by atoms with E-state index in [2.05, 4.69) is 4.74 Å². The SMILES string of the molecule is Cc1ccc[n+](CC(=O)c2cc(C)n(-c3ccc(OC(F)F)cc3)c2C)c1C. The molecule has 0 bridgehead atoms. The maximum Gasteiger partial charge on any atom is 0.387 e. The summed E-state index contributed by atoms with van der Waals surface area (Å²) < 4.78 is 32.9. The van der Waals surface area contributed by atoms with E-state index in [0.29, 0.717) is 5.56 Å². The molecule has 0 saturated heterocycles. The fourth-order valence-electron chi connectivity index (χ4n) is 3.38. The second kappa shape index (κ2) is 7.92. The number of nitrogens with zero attached hydrogens (tertiary/aromatic N) is 2. The molecule has 0 aliphatic rings. The van der Waals surface area contributed by atoms with Gasteiger partial charge in [0.1, 0.15) is 5.75 Å². The van der Waals surface area contributed by atoms with Crippen molar-refractivity contribution in [2.24, 2.45) is 0 Å². The number of hydrogen-bond donors (Lipinski definition) is 0. The highest BCUT2D eigenvalue weighted by atomic mass is 19.3. The Kier molecular flexibility index (Phi) is 5.58. The van der Waals surface area contributed by atoms with Crippen LogP contribution in [-0.2, 0) is 6.54 Å². The first-order valence-electron chi connectivity index (χ1n) is 9.01. The van der Waals surface area contributed by atoms with Crippen LogP contribution in [0.2, 0.25) is 0 Å². The highest BCUT2D eigenvalue weighted by Crippen LogP contribution is 2.24. The van der Waals surface area contributed by atoms with Gasteiger partial charge in [0.25, 0.3) is 0 Å². The maximum absolute atomic E-state index is 12.9. The zero-order valence-corrected chi connectivity index (χ0v) is 16.4. The monoisotopic (exact) mass is 385 g/mol. The molecule has 0 saturated carbocycles. The van der Waals surface area contributed by atoms with Gasteiger partial charge in [-0.1, -0.05) is 0 Å². The van der Waals surface area contributed by atoms with Crippen molar-refractivity contribution in [1.29, 1.82) is 0 Å². The third kappa shape index (κ3) is 3.96. The molecule has 0 spiro atoms. The van der Waals surface area contributed by atoms with Crippen molar-refractivity contribution >= 4 is 5.78 Å². The summed E-state index contributed by atoms with van der Waals surface area (Å²) >= 11 is 0. The first-order chi connectivity index (χ1) is 13.3. The Morgan fingerprint density at radius 3 is 2.43 bits per heavy atom. The van der Waals surface area contributed by atoms with Crippen LogP contribution in [0.4, 0.5) is 8.78 Å². The Morgan fingerprint density at radius 2 is 1.79 bits per heavy atom. The first kappa shape index (κ1) is 19.7. The molecule has 0 aliphatic carbocycles. The molecule has 0 aliphatic heterocycles. The van der Waals surface area contributed by atoms with E-state index in [1.54, 1.807) is 12.1 Å². The van der Waals surface area contributed by atoms with Crippen molar-refractivity contribution in [3.8, 4) is 11.4 Å². The molecule has 0 N–H and O–H groups in total. The summed E-state index contributed by atoms with van der Waals surface area (Å²) in [6.45, 7) is 5.22. The lowest BCUT2D eigenvalue weighted by atomic mass is 10.1. The van der Waals surface area contributed by atoms with Crippen LogP contribution >= 0.6 is 0 Å². The Balaban J connectivity index is 1.89. The van der Waals surface area contributed by atoms with Crippen molar-refractivity contribution in [2.75, 3.05) is 0 Å². The van der Waals surface area contributed by atoms with E-state index in [0.717, 1.165) is 28.3 Å². The summed E-state index contributed by atoms with van der Waals surface area (Å²) in [6, 6.07) is 12.2. The zero-order chi connectivity index (χ0) is 20.4. The van der Waals surface area contributed by atoms with Gasteiger partial charge in [0.15, 0.2) is 11.9 Å². The Morgan fingerprint density at radius 1 is 1.11 bits per heavy atom. The lowest BCUT2D eigenvalue weighted by Crippen LogP contribution is -2.41. The van der Waals surface area contributed by atoms with Gasteiger partial charge in [-0.25, -0.2) is 0 Å². The van der Waals surface area contributed by atoms with Gasteiger partial charge in [-0.05, 0) is 57.2 Å². The number of pyridine rings is 1. The molecule has 3 rings (SSSR count). The number of carbonyl (C=O) groups excluding carboxylic acids is 1. The molecule has 146 valence electrons. The van der Waals surface area contributed by atoms with E-state index in [1.807, 2.05) is 61.2 Å². The van der Waals surface area contributed by atoms with Gasteiger partial charge in [-0.2, -0.15) is 13.3 Å². The van der Waals surface area contributed by atoms with Gasteiger partial charge >= 0.3 is 6.61 Å². The minimum Gasteiger partial charge on any atom is -0.435 e. The minimum atomic E-state index is -2.85. The number of carbonyl (C=O) groups is 1. The Hall–Kier alpha value is -3.02. The molecule has 0 fully saturated rings. The highest BCUT2D eigenvalue weighted by Gasteiger charge is 2.21. The van der Waals surface area contributed by atoms with E-state index in [1.165, 1.54) is 12.1 Å². The van der Waals surface area contributed by atoms with Crippen LogP contribution in [0.15, 0.2) is 48.7 Å². The largest absolute Gasteiger partial charge is 0.435 e. The summed E-state index contributed by atoms with van der Waals surface area (Å²) in [4.78, 5) is 12.9. The summed E-state index contributed by atoms with van der Waals surface area (Å²) in [5.41, 5.74) is 5.34. The van der Waals surface area contributed by atoms with E-state index in [4.69, 9.17) is 0 Å². The molecule has 4 nitrogen and oxygen atoms in total. The Bertz CT molecular complexity index is 1010. The van der Waals surface area contributed by atoms with E-state index < -0.39 is 6.61 Å². The van der Waals surface area contributed by atoms with E-state index in [-0.39, 0.29) is 18.1 Å². The third-order valence-electron chi connectivity index (χ3n) is 4.98. The second-order valence-electron chi connectivity index (χ2n) is 6.82. The molecule has 0 radical (unpaired) electrons. The molecular weight excluding hydrogens is 362 g/mol. The predicted molar refractivity (Wildman–Crippen MR) is 102 cm³/mol. The number of hydrogen-bond acceptors (Lipinski definition) is 2. The highest BCUT2D eigenvalue weighted by molar-refractivity contribution is 5.96. The van der Waals surface area contributed by atoms with Gasteiger partial charge in [0.2, 0.25) is 12.3 Å². The van der Waals surface area contributed by atoms with Crippen LogP contribution in [0.3, 0.4) is 0 Å². The number of aromatic nitrogens is 2. The summed E-state index contributed by atoms with van der Waals surface area (Å²) in [5.74, 6) is 0.125. The van der Waals surface area contributed by atoms with Crippen LogP contribution in [0.1, 0.15) is 33.0 Å². The van der Waals surface area contributed by atoms with Gasteiger partial charge in [0, 0.05) is 41.2 Å². The quantitative estimate of drug-likeness (QED) is 0.463. The lowest BCUT2D eigenvalue weighted by molar-refractivity contribution is -0.689. The van der Waals surface area contributed by atoms with Crippen molar-refractivity contribution in [3.05, 3.63) is 76.9 Å². The number of Topliss-reactive ketones (excluding diaryl/α,β-unsaturated/α-hetero) is 1. The molecule has 0 amide bonds. The number of ketones is 1. The van der Waals surface area contributed by atoms with Crippen molar-refractivity contribution < 1.29 is 22.9 Å². The van der Waals surface area contributed by atoms with Crippen molar-refractivity contribution in [1.82, 2.24) is 4.57 Å². The number of alkyl halides is 2. The number of benzene rings is 1. The number of rotatable bonds is 6. The molecule has 28 heavy (non-hydrogen) atoms. The minimum absolute atomic E-state index is 0.0238. The predicted octanol–water partition coefficient (Wildman–Crippen LogP) is 4.48. The number of aryl methyl sites for hydroxylation is 2. The molecular formula is C22H23F2N2O2+. The van der Waals surface area contributed by atoms with Gasteiger partial charge in [0.05, 0.1) is 0 Å². The molecule has 0 unspecified atom stereocenters. The first-order valence-corrected chi connectivity index (χ1v) is 9.01. The van der Waals surface area contributed by atoms with Crippen LogP contribution in [0.5, 0.6) is 5.75 Å². The average Bonchev–Trinajstić information content (AvgIpc) is 2.94. The molecule has 2 aromatic heterocycles. The smallest absolute Gasteiger partial charge is 0.387 e. The van der Waals surface area contributed by atoms with E-state index >= 15 is 0 Å². The lowest BCUT2D eigenvalue weighted by Gasteiger charge is -2.11. The topological polar surface area (TPSA) is 35.1 Å². The summed E-state index contributed by atoms with van der Waals surface area (Å²) in [5, 5.41) is 0. The van der Waals surface area contributed by atoms with Crippen LogP contribution in [0.25, 0.3) is 5.69 Å². The van der Waals surface area contributed by atoms with Crippen LogP contribution < -0.4 is 9.30 Å². The van der Waals surface area contributed by atoms with Crippen molar-refractivity contribution in [2.45, 2.75) is 40.9 Å². The Labute approximate surface area is 163 Å². The van der Waals surface area contributed by atoms with Gasteiger partial charge < -0.3 is 9.30 Å². The molecule has 0 atom stereocenters. The standard InChI is InChI=1S/C22H23F2N2O2/c1-14-6-5-11-25(16(14)3)13-21(27)20-12-15(2)26(17(20)4)18-7-9-19(10-8-18)28-22(23)24/h5-12,22H,13H2,1-4H3/q+1. The van der Waals surface area contributed by atoms with Gasteiger partial charge in [-0.15, -0.1) is 0 Å². The average molecular weight is 385 g/mol. The molecule has 6 heteroatoms. The second-order valence-corrected chi connectivity index (χ2v) is 6.82. The fraction of sp³-hybridized carbons (Fsp3) is 0.273. The maximum atomic E-state index is 12.9. The number of ether oxygens (including phenoxy) is 1. The summed E-state index contributed by atoms with van der Waals surface area (Å²) in [7, 11) is 0.